The first-order valence-electron chi connectivity index (χ1n) is 3.91. The molecular weight excluding hydrogens is 313 g/mol. The van der Waals surface area contributed by atoms with E-state index in [0.717, 1.165) is 0 Å². The third-order valence-corrected chi connectivity index (χ3v) is 2.93. The molecule has 4 N–H and O–H groups in total. The van der Waals surface area contributed by atoms with Crippen LogP contribution in [-0.4, -0.2) is 16.8 Å². The van der Waals surface area contributed by atoms with Crippen LogP contribution in [0, 0.1) is 0 Å². The summed E-state index contributed by atoms with van der Waals surface area (Å²) in [5.74, 6) is 0. The first-order chi connectivity index (χ1) is 7.57. The van der Waals surface area contributed by atoms with Crippen LogP contribution in [0.15, 0.2) is 18.2 Å². The molecule has 0 saturated carbocycles. The third-order valence-electron chi connectivity index (χ3n) is 1.52. The molecule has 0 aromatic heterocycles. The average molecular weight is 320 g/mol. The van der Waals surface area contributed by atoms with Crippen molar-refractivity contribution in [1.29, 1.82) is 0 Å². The molecule has 7 nitrogen and oxygen atoms in total. The molecule has 96 valence electrons. The summed E-state index contributed by atoms with van der Waals surface area (Å²) in [6.07, 6.45) is 0. The van der Waals surface area contributed by atoms with Gasteiger partial charge in [-0.3, -0.25) is 9.44 Å². The molecule has 0 aliphatic carbocycles. The Morgan fingerprint density at radius 1 is 1.00 bits per heavy atom. The molecule has 1 aromatic rings. The minimum Gasteiger partial charge on any atom is -0.397 e. The van der Waals surface area contributed by atoms with E-state index in [2.05, 4.69) is 0 Å². The summed E-state index contributed by atoms with van der Waals surface area (Å²) in [6, 6.07) is 3.69. The molecule has 0 radical (unpaired) electrons. The lowest BCUT2D eigenvalue weighted by atomic mass is 10.2. The Kier molecular flexibility index (Phi) is 3.97. The van der Waals surface area contributed by atoms with Gasteiger partial charge < -0.3 is 5.73 Å². The normalized spacial score (nSPS) is 12.1. The molecule has 0 aliphatic heterocycles. The SMILES string of the molecule is Nc1cc(NS(=O)(=O)Cl)ccc1NS(=O)(=O)Cl. The highest BCUT2D eigenvalue weighted by atomic mass is 35.7. The summed E-state index contributed by atoms with van der Waals surface area (Å²) in [5.41, 5.74) is 5.59. The predicted octanol–water partition coefficient (Wildman–Crippen LogP) is 1.06. The van der Waals surface area contributed by atoms with Crippen LogP contribution in [-0.2, 0) is 18.5 Å². The van der Waals surface area contributed by atoms with Crippen molar-refractivity contribution >= 4 is 56.9 Å². The lowest BCUT2D eigenvalue weighted by Crippen LogP contribution is -2.08. The maximum Gasteiger partial charge on any atom is 0.319 e. The van der Waals surface area contributed by atoms with Gasteiger partial charge in [0.1, 0.15) is 0 Å². The molecule has 0 aliphatic rings. The number of hydrogen-bond acceptors (Lipinski definition) is 5. The predicted molar refractivity (Wildman–Crippen MR) is 67.6 cm³/mol. The van der Waals surface area contributed by atoms with Crippen molar-refractivity contribution in [1.82, 2.24) is 0 Å². The molecule has 0 heterocycles. The number of nitrogen functional groups attached to an aromatic ring is 1. The van der Waals surface area contributed by atoms with Gasteiger partial charge in [-0.1, -0.05) is 0 Å². The van der Waals surface area contributed by atoms with E-state index in [-0.39, 0.29) is 17.1 Å². The van der Waals surface area contributed by atoms with Gasteiger partial charge in [0.05, 0.1) is 17.1 Å². The summed E-state index contributed by atoms with van der Waals surface area (Å²) in [5, 5.41) is 0. The molecule has 1 aromatic carbocycles. The van der Waals surface area contributed by atoms with E-state index in [0.29, 0.717) is 0 Å². The highest BCUT2D eigenvalue weighted by molar-refractivity contribution is 8.15. The zero-order valence-corrected chi connectivity index (χ0v) is 11.2. The Labute approximate surface area is 107 Å². The molecule has 0 spiro atoms. The van der Waals surface area contributed by atoms with Gasteiger partial charge in [-0.25, -0.2) is 0 Å². The van der Waals surface area contributed by atoms with Crippen molar-refractivity contribution < 1.29 is 16.8 Å². The van der Waals surface area contributed by atoms with E-state index in [1.165, 1.54) is 18.2 Å². The molecule has 0 bridgehead atoms. The van der Waals surface area contributed by atoms with Gasteiger partial charge in [-0.05, 0) is 18.2 Å². The number of rotatable bonds is 4. The molecule has 11 heteroatoms. The number of anilines is 3. The Morgan fingerprint density at radius 2 is 1.53 bits per heavy atom. The molecule has 0 unspecified atom stereocenters. The van der Waals surface area contributed by atoms with Gasteiger partial charge in [0, 0.05) is 21.4 Å². The van der Waals surface area contributed by atoms with E-state index < -0.39 is 18.5 Å². The van der Waals surface area contributed by atoms with Crippen molar-refractivity contribution in [2.45, 2.75) is 0 Å². The van der Waals surface area contributed by atoms with Crippen molar-refractivity contribution in [3.05, 3.63) is 18.2 Å². The first kappa shape index (κ1) is 14.2. The fourth-order valence-corrected chi connectivity index (χ4v) is 2.36. The van der Waals surface area contributed by atoms with E-state index in [1.807, 2.05) is 9.44 Å². The van der Waals surface area contributed by atoms with Crippen molar-refractivity contribution in [2.75, 3.05) is 15.2 Å². The number of nitrogens with one attached hydrogen (secondary N) is 2. The van der Waals surface area contributed by atoms with E-state index in [4.69, 9.17) is 27.1 Å². The minimum atomic E-state index is -3.97. The average Bonchev–Trinajstić information content (AvgIpc) is 2.05. The monoisotopic (exact) mass is 319 g/mol. The van der Waals surface area contributed by atoms with Gasteiger partial charge in [-0.2, -0.15) is 16.8 Å². The number of halogens is 2. The molecule has 0 atom stereocenters. The number of nitrogens with two attached hydrogens (primary N) is 1. The van der Waals surface area contributed by atoms with Gasteiger partial charge in [0.2, 0.25) is 0 Å². The molecule has 1 rings (SSSR count). The summed E-state index contributed by atoms with van der Waals surface area (Å²) in [4.78, 5) is 0. The van der Waals surface area contributed by atoms with Gasteiger partial charge in [0.25, 0.3) is 0 Å². The number of benzene rings is 1. The summed E-state index contributed by atoms with van der Waals surface area (Å²) >= 11 is 0. The van der Waals surface area contributed by atoms with Gasteiger partial charge >= 0.3 is 18.5 Å². The molecule has 17 heavy (non-hydrogen) atoms. The topological polar surface area (TPSA) is 118 Å². The smallest absolute Gasteiger partial charge is 0.319 e. The second-order valence-corrected chi connectivity index (χ2v) is 7.48. The molecule has 0 fully saturated rings. The van der Waals surface area contributed by atoms with Gasteiger partial charge in [-0.15, -0.1) is 0 Å². The zero-order valence-electron chi connectivity index (χ0n) is 8.01. The Balaban J connectivity index is 3.02. The van der Waals surface area contributed by atoms with Crippen LogP contribution < -0.4 is 15.2 Å². The third kappa shape index (κ3) is 5.31. The van der Waals surface area contributed by atoms with Crippen LogP contribution in [0.2, 0.25) is 0 Å². The van der Waals surface area contributed by atoms with Crippen LogP contribution in [0.5, 0.6) is 0 Å². The second-order valence-electron chi connectivity index (χ2n) is 2.88. The maximum atomic E-state index is 10.7. The van der Waals surface area contributed by atoms with Crippen molar-refractivity contribution in [3.63, 3.8) is 0 Å². The van der Waals surface area contributed by atoms with E-state index in [9.17, 15) is 16.8 Å². The van der Waals surface area contributed by atoms with Crippen molar-refractivity contribution in [3.8, 4) is 0 Å². The Morgan fingerprint density at radius 3 is 1.94 bits per heavy atom. The molecular formula is C6H7Cl2N3O4S2. The van der Waals surface area contributed by atoms with Gasteiger partial charge in [0.15, 0.2) is 0 Å². The lowest BCUT2D eigenvalue weighted by Gasteiger charge is -2.08. The van der Waals surface area contributed by atoms with Crippen LogP contribution in [0.4, 0.5) is 17.1 Å². The fourth-order valence-electron chi connectivity index (χ4n) is 0.991. The summed E-state index contributed by atoms with van der Waals surface area (Å²) in [6.45, 7) is 0. The standard InChI is InChI=1S/C6H7Cl2N3O4S2/c7-16(12,13)10-4-1-2-6(5(9)3-4)11-17(8,14)15/h1-3,10-11H,9H2. The lowest BCUT2D eigenvalue weighted by molar-refractivity contribution is 0.612. The van der Waals surface area contributed by atoms with E-state index >= 15 is 0 Å². The van der Waals surface area contributed by atoms with Crippen molar-refractivity contribution in [2.24, 2.45) is 0 Å². The van der Waals surface area contributed by atoms with Crippen LogP contribution in [0.3, 0.4) is 0 Å². The fraction of sp³-hybridized carbons (Fsp3) is 0. The molecule has 0 amide bonds. The Hall–Kier alpha value is -0.900. The zero-order chi connectivity index (χ0) is 13.3. The maximum absolute atomic E-state index is 10.7. The second kappa shape index (κ2) is 4.77. The first-order valence-corrected chi connectivity index (χ1v) is 8.53. The highest BCUT2D eigenvalue weighted by Gasteiger charge is 2.10. The summed E-state index contributed by atoms with van der Waals surface area (Å²) < 4.78 is 46.8. The van der Waals surface area contributed by atoms with Crippen LogP contribution >= 0.6 is 21.4 Å². The van der Waals surface area contributed by atoms with E-state index in [1.54, 1.807) is 0 Å². The Bertz CT molecular complexity index is 629. The largest absolute Gasteiger partial charge is 0.397 e. The summed E-state index contributed by atoms with van der Waals surface area (Å²) in [7, 11) is 2.00. The molecule has 0 saturated heterocycles. The minimum absolute atomic E-state index is 0.0143. The van der Waals surface area contributed by atoms with Crippen LogP contribution in [0.25, 0.3) is 0 Å². The number of hydrogen-bond donors (Lipinski definition) is 3. The highest BCUT2D eigenvalue weighted by Crippen LogP contribution is 2.25. The van der Waals surface area contributed by atoms with Crippen LogP contribution in [0.1, 0.15) is 0 Å². The quantitative estimate of drug-likeness (QED) is 0.566.